The molecule has 3 aromatic rings. The number of benzene rings is 1. The van der Waals surface area contributed by atoms with Crippen LogP contribution < -0.4 is 4.90 Å². The van der Waals surface area contributed by atoms with Crippen molar-refractivity contribution in [1.29, 1.82) is 0 Å². The van der Waals surface area contributed by atoms with Crippen LogP contribution >= 0.6 is 0 Å². The summed E-state index contributed by atoms with van der Waals surface area (Å²) in [7, 11) is 0. The molecule has 3 heterocycles. The maximum absolute atomic E-state index is 5.96. The Kier molecular flexibility index (Phi) is 4.57. The molecule has 4 rings (SSSR count). The number of morpholine rings is 1. The number of rotatable bonds is 4. The number of hydrogen-bond acceptors (Lipinski definition) is 6. The zero-order valence-corrected chi connectivity index (χ0v) is 15.2. The molecule has 1 aliphatic heterocycles. The van der Waals surface area contributed by atoms with Crippen molar-refractivity contribution >= 4 is 0 Å². The minimum absolute atomic E-state index is 0.237. The largest absolute Gasteiger partial charge is 0.415 e. The molecule has 1 N–H and O–H groups in total. The molecule has 0 unspecified atom stereocenters. The predicted octanol–water partition coefficient (Wildman–Crippen LogP) is 1.89. The molecule has 2 aromatic heterocycles. The quantitative estimate of drug-likeness (QED) is 0.770. The first-order valence-electron chi connectivity index (χ1n) is 8.93. The van der Waals surface area contributed by atoms with E-state index in [2.05, 4.69) is 29.2 Å². The molecule has 0 amide bonds. The van der Waals surface area contributed by atoms with E-state index in [0.29, 0.717) is 24.1 Å². The van der Waals surface area contributed by atoms with Gasteiger partial charge in [0, 0.05) is 5.56 Å². The molecule has 0 bridgehead atoms. The second-order valence-electron chi connectivity index (χ2n) is 6.92. The fourth-order valence-electron chi connectivity index (χ4n) is 3.59. The van der Waals surface area contributed by atoms with Gasteiger partial charge in [-0.15, -0.1) is 10.2 Å². The first-order chi connectivity index (χ1) is 12.6. The number of quaternary nitrogens is 1. The molecule has 0 aliphatic carbocycles. The lowest BCUT2D eigenvalue weighted by atomic mass is 10.1. The second kappa shape index (κ2) is 7.01. The van der Waals surface area contributed by atoms with Crippen molar-refractivity contribution < 1.29 is 18.6 Å². The van der Waals surface area contributed by atoms with Crippen LogP contribution in [0.3, 0.4) is 0 Å². The van der Waals surface area contributed by atoms with Crippen LogP contribution in [-0.4, -0.2) is 40.7 Å². The van der Waals surface area contributed by atoms with Gasteiger partial charge in [-0.25, -0.2) is 0 Å². The third kappa shape index (κ3) is 3.40. The molecule has 0 radical (unpaired) electrons. The molecule has 26 heavy (non-hydrogen) atoms. The first kappa shape index (κ1) is 16.9. The van der Waals surface area contributed by atoms with Gasteiger partial charge in [0.2, 0.25) is 0 Å². The van der Waals surface area contributed by atoms with E-state index in [1.807, 2.05) is 37.3 Å². The van der Waals surface area contributed by atoms with Crippen LogP contribution in [0.15, 0.2) is 39.3 Å². The average Bonchev–Trinajstić information content (AvgIpc) is 3.21. The van der Waals surface area contributed by atoms with E-state index in [4.69, 9.17) is 13.7 Å². The van der Waals surface area contributed by atoms with Gasteiger partial charge in [0.25, 0.3) is 11.8 Å². The van der Waals surface area contributed by atoms with E-state index in [1.165, 1.54) is 4.90 Å². The highest BCUT2D eigenvalue weighted by atomic mass is 16.5. The summed E-state index contributed by atoms with van der Waals surface area (Å²) in [6.45, 7) is 8.61. The lowest BCUT2D eigenvalue weighted by Gasteiger charge is -2.31. The second-order valence-corrected chi connectivity index (χ2v) is 6.92. The van der Waals surface area contributed by atoms with Crippen molar-refractivity contribution in [1.82, 2.24) is 15.4 Å². The fraction of sp³-hybridized carbons (Fsp3) is 0.421. The molecule has 1 aliphatic rings. The van der Waals surface area contributed by atoms with Crippen molar-refractivity contribution in [2.45, 2.75) is 39.5 Å². The van der Waals surface area contributed by atoms with Crippen LogP contribution in [0.25, 0.3) is 22.7 Å². The number of hydrogen-bond donors (Lipinski definition) is 1. The summed E-state index contributed by atoms with van der Waals surface area (Å²) in [5.41, 5.74) is 2.44. The number of aromatic nitrogens is 3. The molecular formula is C19H23N4O3+. The zero-order chi connectivity index (χ0) is 18.1. The summed E-state index contributed by atoms with van der Waals surface area (Å²) in [6.07, 6.45) is 0.474. The minimum atomic E-state index is 0.237. The standard InChI is InChI=1S/C19H22N4O3/c1-12-9-23(10-13(2)24-12)11-16-20-21-19(25-16)17-14(3)26-22-18(17)15-7-5-4-6-8-15/h4-8,12-13H,9-11H2,1-3H3/p+1/t12-,13-/m1/s1. The Hall–Kier alpha value is -2.51. The summed E-state index contributed by atoms with van der Waals surface area (Å²) in [4.78, 5) is 1.39. The third-order valence-electron chi connectivity index (χ3n) is 4.61. The van der Waals surface area contributed by atoms with Gasteiger partial charge in [0.15, 0.2) is 6.54 Å². The SMILES string of the molecule is Cc1onc(-c2ccccc2)c1-c1nnc(C[NH+]2C[C@@H](C)O[C@H](C)C2)o1. The molecular weight excluding hydrogens is 332 g/mol. The summed E-state index contributed by atoms with van der Waals surface area (Å²) < 4.78 is 17.1. The number of nitrogens with one attached hydrogen (secondary N) is 1. The molecule has 136 valence electrons. The van der Waals surface area contributed by atoms with Crippen molar-refractivity contribution in [2.75, 3.05) is 13.1 Å². The van der Waals surface area contributed by atoms with E-state index in [9.17, 15) is 0 Å². The van der Waals surface area contributed by atoms with E-state index >= 15 is 0 Å². The highest BCUT2D eigenvalue weighted by Crippen LogP contribution is 2.33. The number of aryl methyl sites for hydroxylation is 1. The number of ether oxygens (including phenoxy) is 1. The predicted molar refractivity (Wildman–Crippen MR) is 94.4 cm³/mol. The maximum Gasteiger partial charge on any atom is 0.271 e. The summed E-state index contributed by atoms with van der Waals surface area (Å²) in [5, 5.41) is 12.7. The Bertz CT molecular complexity index is 864. The van der Waals surface area contributed by atoms with Gasteiger partial charge in [-0.3, -0.25) is 0 Å². The van der Waals surface area contributed by atoms with Crippen LogP contribution in [0.5, 0.6) is 0 Å². The Labute approximate surface area is 152 Å². The summed E-state index contributed by atoms with van der Waals surface area (Å²) in [5.74, 6) is 1.74. The normalized spacial score (nSPS) is 23.3. The Morgan fingerprint density at radius 2 is 1.81 bits per heavy atom. The highest BCUT2D eigenvalue weighted by molar-refractivity contribution is 5.77. The van der Waals surface area contributed by atoms with Crippen LogP contribution in [0.4, 0.5) is 0 Å². The molecule has 1 saturated heterocycles. The van der Waals surface area contributed by atoms with Gasteiger partial charge < -0.3 is 18.6 Å². The van der Waals surface area contributed by atoms with Crippen molar-refractivity contribution in [3.05, 3.63) is 42.0 Å². The fourth-order valence-corrected chi connectivity index (χ4v) is 3.59. The lowest BCUT2D eigenvalue weighted by Crippen LogP contribution is -3.14. The van der Waals surface area contributed by atoms with E-state index in [0.717, 1.165) is 29.9 Å². The molecule has 0 saturated carbocycles. The summed E-state index contributed by atoms with van der Waals surface area (Å²) in [6, 6.07) is 9.87. The zero-order valence-electron chi connectivity index (χ0n) is 15.2. The van der Waals surface area contributed by atoms with Gasteiger partial charge in [-0.05, 0) is 20.8 Å². The molecule has 0 spiro atoms. The third-order valence-corrected chi connectivity index (χ3v) is 4.61. The van der Waals surface area contributed by atoms with Crippen molar-refractivity contribution in [3.63, 3.8) is 0 Å². The average molecular weight is 355 g/mol. The molecule has 2 atom stereocenters. The lowest BCUT2D eigenvalue weighted by molar-refractivity contribution is -0.929. The molecule has 1 aromatic carbocycles. The maximum atomic E-state index is 5.96. The Morgan fingerprint density at radius 3 is 2.54 bits per heavy atom. The smallest absolute Gasteiger partial charge is 0.271 e. The van der Waals surface area contributed by atoms with E-state index < -0.39 is 0 Å². The van der Waals surface area contributed by atoms with Crippen molar-refractivity contribution in [2.24, 2.45) is 0 Å². The van der Waals surface area contributed by atoms with Gasteiger partial charge in [0.05, 0.1) is 0 Å². The van der Waals surface area contributed by atoms with Crippen LogP contribution in [0.2, 0.25) is 0 Å². The van der Waals surface area contributed by atoms with Crippen molar-refractivity contribution in [3.8, 4) is 22.7 Å². The first-order valence-corrected chi connectivity index (χ1v) is 8.93. The Morgan fingerprint density at radius 1 is 1.08 bits per heavy atom. The number of nitrogens with zero attached hydrogens (tertiary/aromatic N) is 3. The van der Waals surface area contributed by atoms with Gasteiger partial charge >= 0.3 is 0 Å². The van der Waals surface area contributed by atoms with Gasteiger partial charge in [-0.2, -0.15) is 0 Å². The topological polar surface area (TPSA) is 78.6 Å². The molecule has 7 heteroatoms. The minimum Gasteiger partial charge on any atom is -0.415 e. The molecule has 7 nitrogen and oxygen atoms in total. The van der Waals surface area contributed by atoms with Crippen LogP contribution in [0.1, 0.15) is 25.5 Å². The van der Waals surface area contributed by atoms with Gasteiger partial charge in [-0.1, -0.05) is 35.5 Å². The van der Waals surface area contributed by atoms with Gasteiger partial charge in [0.1, 0.15) is 42.3 Å². The monoisotopic (exact) mass is 355 g/mol. The molecule has 1 fully saturated rings. The van der Waals surface area contributed by atoms with E-state index in [-0.39, 0.29) is 12.2 Å². The van der Waals surface area contributed by atoms with Crippen LogP contribution in [-0.2, 0) is 11.3 Å². The Balaban J connectivity index is 1.58. The van der Waals surface area contributed by atoms with Crippen LogP contribution in [0, 0.1) is 6.92 Å². The highest BCUT2D eigenvalue weighted by Gasteiger charge is 2.28. The van der Waals surface area contributed by atoms with E-state index in [1.54, 1.807) is 0 Å². The summed E-state index contributed by atoms with van der Waals surface area (Å²) >= 11 is 0.